The minimum absolute atomic E-state index is 0.109. The Bertz CT molecular complexity index is 1520. The number of amides is 1. The molecule has 0 radical (unpaired) electrons. The van der Waals surface area contributed by atoms with Crippen molar-refractivity contribution in [3.8, 4) is 0 Å². The molecule has 1 amide bonds. The first-order valence-corrected chi connectivity index (χ1v) is 29.9. The number of hydrogen-bond acceptors (Lipinski definition) is 10. The third-order valence-electron chi connectivity index (χ3n) is 13.6. The van der Waals surface area contributed by atoms with Gasteiger partial charge in [-0.05, 0) is 83.5 Å². The van der Waals surface area contributed by atoms with Crippen LogP contribution < -0.4 is 5.32 Å². The van der Waals surface area contributed by atoms with Crippen LogP contribution in [-0.2, 0) is 23.8 Å². The number of rotatable bonds is 49. The fourth-order valence-electron chi connectivity index (χ4n) is 8.83. The van der Waals surface area contributed by atoms with E-state index < -0.39 is 67.4 Å². The molecule has 0 aliphatic carbocycles. The molecule has 1 saturated heterocycles. The van der Waals surface area contributed by atoms with Crippen LogP contribution in [0.5, 0.6) is 0 Å². The Morgan fingerprint density at radius 2 is 1.03 bits per heavy atom. The van der Waals surface area contributed by atoms with Gasteiger partial charge in [0.2, 0.25) is 5.91 Å². The van der Waals surface area contributed by atoms with E-state index in [1.807, 2.05) is 30.4 Å². The first-order valence-electron chi connectivity index (χ1n) is 29.9. The standard InChI is InChI=1S/C63H109NO10/c1-4-7-10-13-16-19-22-25-26-27-28-29-30-31-32-33-36-39-42-45-48-51-58(68)74-61-60(70)59(69)57(52-65)73-63(61)72-53-54(55(66)49-46-43-40-37-34-23-20-17-14-11-8-5-2)64-62(71)56(67)50-47-44-41-38-35-24-21-18-15-12-9-6-3/h9,12,15-16,18-19,21,24-26,28-29,46,49,54-57,59-61,63,65-67,69-70H,4-8,10-11,13-14,17,20,22-23,27,30-45,47-48,50-53H2,1-3H3,(H,64,71)/b12-9+,18-15+,19-16-,24-21-,26-25-,29-28-,49-46+. The molecule has 8 unspecified atom stereocenters. The fourth-order valence-corrected chi connectivity index (χ4v) is 8.83. The van der Waals surface area contributed by atoms with Crippen molar-refractivity contribution in [2.75, 3.05) is 13.2 Å². The number of nitrogens with one attached hydrogen (secondary N) is 1. The van der Waals surface area contributed by atoms with Crippen molar-refractivity contribution < 1.29 is 49.3 Å². The predicted octanol–water partition coefficient (Wildman–Crippen LogP) is 13.8. The zero-order valence-corrected chi connectivity index (χ0v) is 46.9. The molecule has 11 heteroatoms. The van der Waals surface area contributed by atoms with Crippen LogP contribution in [0.1, 0.15) is 239 Å². The molecule has 6 N–H and O–H groups in total. The number of allylic oxidation sites excluding steroid dienone is 13. The van der Waals surface area contributed by atoms with Gasteiger partial charge in [-0.3, -0.25) is 9.59 Å². The number of aliphatic hydroxyl groups excluding tert-OH is 5. The van der Waals surface area contributed by atoms with Crippen LogP contribution in [0.15, 0.2) is 85.1 Å². The first kappa shape index (κ1) is 68.9. The topological polar surface area (TPSA) is 175 Å². The molecule has 1 aliphatic heterocycles. The lowest BCUT2D eigenvalue weighted by Crippen LogP contribution is -2.61. The monoisotopic (exact) mass is 1040 g/mol. The van der Waals surface area contributed by atoms with E-state index in [-0.39, 0.29) is 19.4 Å². The van der Waals surface area contributed by atoms with Gasteiger partial charge in [-0.2, -0.15) is 0 Å². The van der Waals surface area contributed by atoms with Crippen LogP contribution in [0.25, 0.3) is 0 Å². The average molecular weight is 1040 g/mol. The van der Waals surface area contributed by atoms with Gasteiger partial charge in [0, 0.05) is 6.42 Å². The summed E-state index contributed by atoms with van der Waals surface area (Å²) in [5, 5.41) is 56.8. The van der Waals surface area contributed by atoms with Gasteiger partial charge < -0.3 is 45.1 Å². The number of carbonyl (C=O) groups excluding carboxylic acids is 2. The molecule has 11 nitrogen and oxygen atoms in total. The zero-order chi connectivity index (χ0) is 54.0. The molecule has 0 aromatic heterocycles. The molecule has 74 heavy (non-hydrogen) atoms. The molecule has 8 atom stereocenters. The van der Waals surface area contributed by atoms with Gasteiger partial charge in [0.05, 0.1) is 25.4 Å². The predicted molar refractivity (Wildman–Crippen MR) is 306 cm³/mol. The number of hydrogen-bond donors (Lipinski definition) is 6. The van der Waals surface area contributed by atoms with Crippen molar-refractivity contribution in [1.82, 2.24) is 5.32 Å². The summed E-state index contributed by atoms with van der Waals surface area (Å²) in [5.41, 5.74) is 0. The summed E-state index contributed by atoms with van der Waals surface area (Å²) in [6, 6.07) is -1.04. The Labute approximate surface area is 451 Å². The summed E-state index contributed by atoms with van der Waals surface area (Å²) < 4.78 is 17.6. The van der Waals surface area contributed by atoms with Gasteiger partial charge in [-0.1, -0.05) is 234 Å². The van der Waals surface area contributed by atoms with Gasteiger partial charge in [-0.15, -0.1) is 0 Å². The third kappa shape index (κ3) is 38.4. The zero-order valence-electron chi connectivity index (χ0n) is 46.9. The van der Waals surface area contributed by atoms with Crippen molar-refractivity contribution in [1.29, 1.82) is 0 Å². The van der Waals surface area contributed by atoms with Crippen molar-refractivity contribution in [2.24, 2.45) is 0 Å². The first-order chi connectivity index (χ1) is 36.2. The van der Waals surface area contributed by atoms with Crippen LogP contribution in [0.2, 0.25) is 0 Å². The maximum atomic E-state index is 13.4. The quantitative estimate of drug-likeness (QED) is 0.0149. The smallest absolute Gasteiger partial charge is 0.306 e. The van der Waals surface area contributed by atoms with Crippen LogP contribution in [0, 0.1) is 0 Å². The Hall–Kier alpha value is -3.16. The molecule has 1 fully saturated rings. The van der Waals surface area contributed by atoms with E-state index in [9.17, 15) is 35.1 Å². The lowest BCUT2D eigenvalue weighted by atomic mass is 9.99. The van der Waals surface area contributed by atoms with E-state index in [4.69, 9.17) is 14.2 Å². The van der Waals surface area contributed by atoms with Gasteiger partial charge in [0.15, 0.2) is 12.4 Å². The van der Waals surface area contributed by atoms with Crippen LogP contribution in [0.3, 0.4) is 0 Å². The highest BCUT2D eigenvalue weighted by atomic mass is 16.7. The Morgan fingerprint density at radius 3 is 1.59 bits per heavy atom. The molecule has 0 bridgehead atoms. The van der Waals surface area contributed by atoms with E-state index >= 15 is 0 Å². The number of esters is 1. The van der Waals surface area contributed by atoms with Gasteiger partial charge in [-0.25, -0.2) is 0 Å². The van der Waals surface area contributed by atoms with E-state index in [0.717, 1.165) is 96.3 Å². The lowest BCUT2D eigenvalue weighted by Gasteiger charge is -2.41. The summed E-state index contributed by atoms with van der Waals surface area (Å²) in [5.74, 6) is -1.23. The normalized spacial score (nSPS) is 19.9. The van der Waals surface area contributed by atoms with Crippen LogP contribution in [0.4, 0.5) is 0 Å². The largest absolute Gasteiger partial charge is 0.454 e. The van der Waals surface area contributed by atoms with Crippen molar-refractivity contribution >= 4 is 11.9 Å². The van der Waals surface area contributed by atoms with Crippen molar-refractivity contribution in [2.45, 2.75) is 288 Å². The van der Waals surface area contributed by atoms with E-state index in [1.165, 1.54) is 96.3 Å². The summed E-state index contributed by atoms with van der Waals surface area (Å²) in [6.45, 7) is 5.59. The van der Waals surface area contributed by atoms with Crippen molar-refractivity contribution in [3.05, 3.63) is 85.1 Å². The highest BCUT2D eigenvalue weighted by Gasteiger charge is 2.47. The second-order valence-electron chi connectivity index (χ2n) is 20.4. The number of ether oxygens (including phenoxy) is 3. The molecule has 1 rings (SSSR count). The van der Waals surface area contributed by atoms with Crippen LogP contribution in [-0.4, -0.2) is 99.6 Å². The Kier molecular flexibility index (Phi) is 47.1. The summed E-state index contributed by atoms with van der Waals surface area (Å²) >= 11 is 0. The molecular formula is C63H109NO10. The maximum Gasteiger partial charge on any atom is 0.306 e. The molecular weight excluding hydrogens is 931 g/mol. The van der Waals surface area contributed by atoms with E-state index in [1.54, 1.807) is 6.08 Å². The second kappa shape index (κ2) is 50.6. The Morgan fingerprint density at radius 1 is 0.554 bits per heavy atom. The lowest BCUT2D eigenvalue weighted by molar-refractivity contribution is -0.305. The fraction of sp³-hybridized carbons (Fsp3) is 0.746. The SMILES string of the molecule is CC/C=C/C=C/C=C\CCCCCCC(O)C(=O)NC(COC1OC(CO)C(O)C(O)C1OC(=O)CCCCCCCCCC/C=C\C/C=C\C/C=C\CCCCC)C(O)/C=C/CCCCCCCCCCCC. The average Bonchev–Trinajstić information content (AvgIpc) is 3.40. The second-order valence-corrected chi connectivity index (χ2v) is 20.4. The maximum absolute atomic E-state index is 13.4. The summed E-state index contributed by atoms with van der Waals surface area (Å²) in [6.07, 6.45) is 54.8. The van der Waals surface area contributed by atoms with E-state index in [0.29, 0.717) is 12.8 Å². The summed E-state index contributed by atoms with van der Waals surface area (Å²) in [4.78, 5) is 26.5. The molecule has 1 aliphatic rings. The Balaban J connectivity index is 2.68. The van der Waals surface area contributed by atoms with Crippen molar-refractivity contribution in [3.63, 3.8) is 0 Å². The molecule has 0 spiro atoms. The summed E-state index contributed by atoms with van der Waals surface area (Å²) in [7, 11) is 0. The van der Waals surface area contributed by atoms with Gasteiger partial charge in [0.25, 0.3) is 0 Å². The van der Waals surface area contributed by atoms with Crippen LogP contribution >= 0.6 is 0 Å². The highest BCUT2D eigenvalue weighted by Crippen LogP contribution is 2.26. The minimum Gasteiger partial charge on any atom is -0.454 e. The third-order valence-corrected chi connectivity index (χ3v) is 13.6. The van der Waals surface area contributed by atoms with Gasteiger partial charge in [0.1, 0.15) is 24.4 Å². The molecule has 426 valence electrons. The number of carbonyl (C=O) groups is 2. The molecule has 0 saturated carbocycles. The number of unbranched alkanes of at least 4 members (excludes halogenated alkanes) is 25. The molecule has 0 aromatic carbocycles. The molecule has 0 aromatic rings. The minimum atomic E-state index is -1.62. The highest BCUT2D eigenvalue weighted by molar-refractivity contribution is 5.80. The number of aliphatic hydroxyl groups is 5. The van der Waals surface area contributed by atoms with Gasteiger partial charge >= 0.3 is 5.97 Å². The van der Waals surface area contributed by atoms with E-state index in [2.05, 4.69) is 74.7 Å². The molecule has 1 heterocycles.